The molecule has 0 N–H and O–H groups in total. The number of nitrogens with zero attached hydrogens (tertiary/aromatic N) is 1. The van der Waals surface area contributed by atoms with E-state index in [9.17, 15) is 0 Å². The molecule has 0 amide bonds. The number of pyridine rings is 1. The van der Waals surface area contributed by atoms with Crippen molar-refractivity contribution in [3.05, 3.63) is 131 Å². The molecule has 2 unspecified atom stereocenters. The zero-order valence-corrected chi connectivity index (χ0v) is 19.1. The van der Waals surface area contributed by atoms with Crippen molar-refractivity contribution in [1.29, 1.82) is 0 Å². The maximum Gasteiger partial charge on any atom is 0.192 e. The number of hydrogen-bond donors (Lipinski definition) is 0. The van der Waals surface area contributed by atoms with E-state index in [4.69, 9.17) is 4.74 Å². The minimum atomic E-state index is -0.180. The van der Waals surface area contributed by atoms with Gasteiger partial charge in [-0.15, -0.1) is 0 Å². The quantitative estimate of drug-likeness (QED) is 0.447. The van der Waals surface area contributed by atoms with Crippen molar-refractivity contribution in [2.45, 2.75) is 30.2 Å². The fraction of sp³-hybridized carbons (Fsp3) is 0.207. The average Bonchev–Trinajstić information content (AvgIpc) is 2.85. The molecule has 2 nitrogen and oxygen atoms in total. The van der Waals surface area contributed by atoms with E-state index in [0.29, 0.717) is 0 Å². The molecular weight excluding hydrogens is 414 g/mol. The third-order valence-corrected chi connectivity index (χ3v) is 7.57. The van der Waals surface area contributed by atoms with Crippen LogP contribution in [-0.4, -0.2) is 7.11 Å². The first-order valence-electron chi connectivity index (χ1n) is 11.0. The highest BCUT2D eigenvalue weighted by Crippen LogP contribution is 2.62. The minimum Gasteiger partial charge on any atom is -1.00 e. The molecule has 0 saturated carbocycles. The lowest BCUT2D eigenvalue weighted by Gasteiger charge is -2.54. The lowest BCUT2D eigenvalue weighted by atomic mass is 9.50. The molecular formula is C29H26ClNO. The van der Waals surface area contributed by atoms with Gasteiger partial charge in [0.15, 0.2) is 17.4 Å². The maximum atomic E-state index is 5.98. The van der Waals surface area contributed by atoms with Crippen LogP contribution in [0.3, 0.4) is 0 Å². The molecule has 3 heteroatoms. The average molecular weight is 440 g/mol. The first-order chi connectivity index (χ1) is 15.2. The Morgan fingerprint density at radius 3 is 2.03 bits per heavy atom. The molecule has 1 aliphatic carbocycles. The molecule has 3 aromatic carbocycles. The highest BCUT2D eigenvalue weighted by molar-refractivity contribution is 5.60. The summed E-state index contributed by atoms with van der Waals surface area (Å²) >= 11 is 0. The number of aromatic nitrogens is 1. The fourth-order valence-corrected chi connectivity index (χ4v) is 6.41. The summed E-state index contributed by atoms with van der Waals surface area (Å²) in [5.41, 5.74) is 6.43. The monoisotopic (exact) mass is 439 g/mol. The SMILES string of the molecule is COc1cccc2c1C1c3cccc[n+]3C2(C)CC1(c1ccccc1)c1ccccc1.[Cl-]. The number of benzene rings is 3. The van der Waals surface area contributed by atoms with Gasteiger partial charge < -0.3 is 17.1 Å². The second-order valence-corrected chi connectivity index (χ2v) is 9.00. The predicted octanol–water partition coefficient (Wildman–Crippen LogP) is 2.59. The Morgan fingerprint density at radius 1 is 0.781 bits per heavy atom. The summed E-state index contributed by atoms with van der Waals surface area (Å²) < 4.78 is 8.48. The highest BCUT2D eigenvalue weighted by Gasteiger charge is 2.65. The topological polar surface area (TPSA) is 13.1 Å². The molecule has 3 heterocycles. The molecule has 32 heavy (non-hydrogen) atoms. The van der Waals surface area contributed by atoms with Crippen LogP contribution >= 0.6 is 0 Å². The zero-order valence-electron chi connectivity index (χ0n) is 18.3. The normalized spacial score (nSPS) is 21.8. The molecule has 0 saturated heterocycles. The Hall–Kier alpha value is -3.10. The van der Waals surface area contributed by atoms with Gasteiger partial charge in [0.05, 0.1) is 13.0 Å². The molecule has 3 aliphatic rings. The van der Waals surface area contributed by atoms with Crippen molar-refractivity contribution in [3.8, 4) is 5.75 Å². The summed E-state index contributed by atoms with van der Waals surface area (Å²) in [6.07, 6.45) is 3.26. The Balaban J connectivity index is 0.00000216. The van der Waals surface area contributed by atoms with Crippen LogP contribution < -0.4 is 21.7 Å². The molecule has 160 valence electrons. The van der Waals surface area contributed by atoms with Crippen molar-refractivity contribution in [3.63, 3.8) is 0 Å². The van der Waals surface area contributed by atoms with Crippen molar-refractivity contribution in [1.82, 2.24) is 0 Å². The van der Waals surface area contributed by atoms with Crippen LogP contribution in [0.4, 0.5) is 0 Å². The first-order valence-corrected chi connectivity index (χ1v) is 11.0. The second kappa shape index (κ2) is 7.50. The van der Waals surface area contributed by atoms with E-state index in [1.54, 1.807) is 7.11 Å². The van der Waals surface area contributed by atoms with Gasteiger partial charge in [-0.3, -0.25) is 0 Å². The summed E-state index contributed by atoms with van der Waals surface area (Å²) in [6.45, 7) is 2.39. The molecule has 2 bridgehead atoms. The number of halogens is 1. The predicted molar refractivity (Wildman–Crippen MR) is 123 cm³/mol. The van der Waals surface area contributed by atoms with Crippen LogP contribution in [0.1, 0.15) is 47.2 Å². The largest absolute Gasteiger partial charge is 1.00 e. The lowest BCUT2D eigenvalue weighted by molar-refractivity contribution is -0.769. The Bertz CT molecular complexity index is 1230. The lowest BCUT2D eigenvalue weighted by Crippen LogP contribution is -3.00. The van der Waals surface area contributed by atoms with Crippen molar-refractivity contribution in [2.24, 2.45) is 0 Å². The van der Waals surface area contributed by atoms with Gasteiger partial charge in [-0.1, -0.05) is 78.9 Å². The standard InChI is InChI=1S/C29H26NO.ClH/c1-28-20-29(21-12-5-3-6-13-21,22-14-7-4-8-15-22)27(24-17-9-10-19-30(24)28)26-23(28)16-11-18-25(26)31-2;/h3-19,27H,20H2,1-2H3;1H/q+1;/p-1. The molecule has 0 fully saturated rings. The van der Waals surface area contributed by atoms with E-state index in [1.807, 2.05) is 0 Å². The van der Waals surface area contributed by atoms with E-state index >= 15 is 0 Å². The van der Waals surface area contributed by atoms with Gasteiger partial charge >= 0.3 is 0 Å². The molecule has 0 spiro atoms. The van der Waals surface area contributed by atoms with E-state index in [-0.39, 0.29) is 29.3 Å². The van der Waals surface area contributed by atoms with Crippen LogP contribution in [0.2, 0.25) is 0 Å². The van der Waals surface area contributed by atoms with Crippen LogP contribution in [0.15, 0.2) is 103 Å². The maximum absolute atomic E-state index is 5.98. The van der Waals surface area contributed by atoms with Gasteiger partial charge in [-0.2, -0.15) is 4.57 Å². The Morgan fingerprint density at radius 2 is 1.41 bits per heavy atom. The van der Waals surface area contributed by atoms with Crippen LogP contribution in [0.5, 0.6) is 5.75 Å². The molecule has 7 rings (SSSR count). The molecule has 0 radical (unpaired) electrons. The van der Waals surface area contributed by atoms with Gasteiger partial charge in [-0.25, -0.2) is 0 Å². The van der Waals surface area contributed by atoms with Crippen molar-refractivity contribution < 1.29 is 21.7 Å². The first kappa shape index (κ1) is 20.8. The number of fused-ring (bicyclic) bond motifs is 1. The van der Waals surface area contributed by atoms with Crippen molar-refractivity contribution in [2.75, 3.05) is 7.11 Å². The van der Waals surface area contributed by atoms with Crippen LogP contribution in [0, 0.1) is 0 Å². The summed E-state index contributed by atoms with van der Waals surface area (Å²) in [4.78, 5) is 0. The molecule has 1 aromatic heterocycles. The van der Waals surface area contributed by atoms with E-state index in [1.165, 1.54) is 27.9 Å². The third-order valence-electron chi connectivity index (χ3n) is 7.57. The summed E-state index contributed by atoms with van der Waals surface area (Å²) in [5.74, 6) is 1.14. The Labute approximate surface area is 195 Å². The minimum absolute atomic E-state index is 0. The van der Waals surface area contributed by atoms with Gasteiger partial charge in [0.1, 0.15) is 5.75 Å². The van der Waals surface area contributed by atoms with Gasteiger partial charge in [0.25, 0.3) is 0 Å². The third kappa shape index (κ3) is 2.56. The number of methoxy groups -OCH3 is 1. The molecule has 4 aromatic rings. The van der Waals surface area contributed by atoms with E-state index in [0.717, 1.165) is 12.2 Å². The van der Waals surface area contributed by atoms with Gasteiger partial charge in [0.2, 0.25) is 0 Å². The van der Waals surface area contributed by atoms with Gasteiger partial charge in [0, 0.05) is 42.0 Å². The summed E-state index contributed by atoms with van der Waals surface area (Å²) in [7, 11) is 1.80. The molecule has 2 atom stereocenters. The van der Waals surface area contributed by atoms with E-state index in [2.05, 4.69) is 115 Å². The number of hydrogen-bond acceptors (Lipinski definition) is 1. The number of rotatable bonds is 3. The van der Waals surface area contributed by atoms with Crippen molar-refractivity contribution >= 4 is 0 Å². The molecule has 2 aliphatic heterocycles. The fourth-order valence-electron chi connectivity index (χ4n) is 6.41. The number of ether oxygens (including phenoxy) is 1. The zero-order chi connectivity index (χ0) is 21.1. The second-order valence-electron chi connectivity index (χ2n) is 9.00. The highest BCUT2D eigenvalue weighted by atomic mass is 35.5. The summed E-state index contributed by atoms with van der Waals surface area (Å²) in [5, 5.41) is 0. The smallest absolute Gasteiger partial charge is 0.192 e. The van der Waals surface area contributed by atoms with E-state index < -0.39 is 0 Å². The van der Waals surface area contributed by atoms with Gasteiger partial charge in [-0.05, 0) is 17.2 Å². The van der Waals surface area contributed by atoms with Crippen LogP contribution in [0.25, 0.3) is 0 Å². The Kier molecular flexibility index (Phi) is 4.87. The van der Waals surface area contributed by atoms with Crippen LogP contribution in [-0.2, 0) is 11.0 Å². The summed E-state index contributed by atoms with van der Waals surface area (Å²) in [6, 6.07) is 35.3.